The van der Waals surface area contributed by atoms with E-state index in [4.69, 9.17) is 4.74 Å². The molecule has 4 heteroatoms. The van der Waals surface area contributed by atoms with Crippen LogP contribution in [0.1, 0.15) is 50.3 Å². The van der Waals surface area contributed by atoms with E-state index in [2.05, 4.69) is 18.8 Å². The van der Waals surface area contributed by atoms with Crippen molar-refractivity contribution >= 4 is 5.91 Å². The fourth-order valence-electron chi connectivity index (χ4n) is 2.91. The van der Waals surface area contributed by atoms with Crippen LogP contribution in [0.15, 0.2) is 48.8 Å². The van der Waals surface area contributed by atoms with Crippen LogP contribution in [0.2, 0.25) is 0 Å². The number of hydrogen-bond donors (Lipinski definition) is 0. The molecule has 0 fully saturated rings. The van der Waals surface area contributed by atoms with Crippen molar-refractivity contribution in [2.75, 3.05) is 13.7 Å². The third-order valence-electron chi connectivity index (χ3n) is 4.44. The summed E-state index contributed by atoms with van der Waals surface area (Å²) in [5.41, 5.74) is 2.18. The summed E-state index contributed by atoms with van der Waals surface area (Å²) >= 11 is 0. The molecule has 1 heterocycles. The molecule has 0 saturated heterocycles. The molecule has 128 valence electrons. The lowest BCUT2D eigenvalue weighted by molar-refractivity contribution is -0.133. The molecule has 2 rings (SSSR count). The highest BCUT2D eigenvalue weighted by Gasteiger charge is 2.22. The monoisotopic (exact) mass is 326 g/mol. The van der Waals surface area contributed by atoms with Gasteiger partial charge in [-0.1, -0.05) is 25.1 Å². The SMILES string of the molecule is CCN(C(=O)C[C@@H](C)c1cccnc1)[C@@H](C)c1cccc(OC)c1. The maximum Gasteiger partial charge on any atom is 0.223 e. The van der Waals surface area contributed by atoms with Crippen molar-refractivity contribution in [3.8, 4) is 5.75 Å². The van der Waals surface area contributed by atoms with Gasteiger partial charge in [0.2, 0.25) is 5.91 Å². The molecule has 2 atom stereocenters. The lowest BCUT2D eigenvalue weighted by Crippen LogP contribution is -2.34. The van der Waals surface area contributed by atoms with Crippen LogP contribution in [0.25, 0.3) is 0 Å². The average molecular weight is 326 g/mol. The molecule has 0 aliphatic heterocycles. The number of carbonyl (C=O) groups is 1. The Bertz CT molecular complexity index is 658. The first kappa shape index (κ1) is 18.0. The predicted octanol–water partition coefficient (Wildman–Crippen LogP) is 4.19. The Morgan fingerprint density at radius 1 is 1.21 bits per heavy atom. The van der Waals surface area contributed by atoms with Crippen LogP contribution in [-0.4, -0.2) is 29.4 Å². The van der Waals surface area contributed by atoms with E-state index in [0.717, 1.165) is 16.9 Å². The van der Waals surface area contributed by atoms with Gasteiger partial charge >= 0.3 is 0 Å². The molecule has 4 nitrogen and oxygen atoms in total. The molecule has 0 aliphatic carbocycles. The van der Waals surface area contributed by atoms with Gasteiger partial charge in [-0.15, -0.1) is 0 Å². The largest absolute Gasteiger partial charge is 0.497 e. The zero-order chi connectivity index (χ0) is 17.5. The molecule has 0 radical (unpaired) electrons. The van der Waals surface area contributed by atoms with Crippen LogP contribution in [0.5, 0.6) is 5.75 Å². The molecule has 1 aromatic carbocycles. The highest BCUT2D eigenvalue weighted by Crippen LogP contribution is 2.26. The van der Waals surface area contributed by atoms with E-state index in [1.54, 1.807) is 13.3 Å². The Kier molecular flexibility index (Phi) is 6.36. The summed E-state index contributed by atoms with van der Waals surface area (Å²) in [6.45, 7) is 6.82. The van der Waals surface area contributed by atoms with Crippen LogP contribution >= 0.6 is 0 Å². The van der Waals surface area contributed by atoms with Crippen LogP contribution in [-0.2, 0) is 4.79 Å². The van der Waals surface area contributed by atoms with Gasteiger partial charge < -0.3 is 9.64 Å². The summed E-state index contributed by atoms with van der Waals surface area (Å²) in [6, 6.07) is 11.8. The maximum absolute atomic E-state index is 12.8. The standard InChI is InChI=1S/C20H26N2O2/c1-5-22(16(3)17-8-6-10-19(13-17)24-4)20(23)12-15(2)18-9-7-11-21-14-18/h6-11,13-16H,5,12H2,1-4H3/t15-,16+/m1/s1. The van der Waals surface area contributed by atoms with E-state index in [1.807, 2.05) is 54.4 Å². The highest BCUT2D eigenvalue weighted by atomic mass is 16.5. The second-order valence-corrected chi connectivity index (χ2v) is 6.02. The van der Waals surface area contributed by atoms with E-state index in [-0.39, 0.29) is 17.9 Å². The molecular formula is C20H26N2O2. The molecule has 0 spiro atoms. The smallest absolute Gasteiger partial charge is 0.223 e. The van der Waals surface area contributed by atoms with Gasteiger partial charge in [0.15, 0.2) is 0 Å². The van der Waals surface area contributed by atoms with Crippen LogP contribution in [0, 0.1) is 0 Å². The van der Waals surface area contributed by atoms with E-state index in [0.29, 0.717) is 13.0 Å². The van der Waals surface area contributed by atoms with Crippen molar-refractivity contribution in [3.05, 3.63) is 59.9 Å². The van der Waals surface area contributed by atoms with Gasteiger partial charge in [-0.25, -0.2) is 0 Å². The first-order valence-electron chi connectivity index (χ1n) is 8.40. The Morgan fingerprint density at radius 2 is 1.96 bits per heavy atom. The molecule has 1 aromatic heterocycles. The van der Waals surface area contributed by atoms with Gasteiger partial charge in [0.05, 0.1) is 13.2 Å². The molecule has 0 unspecified atom stereocenters. The van der Waals surface area contributed by atoms with Crippen molar-refractivity contribution in [3.63, 3.8) is 0 Å². The Balaban J connectivity index is 2.10. The molecular weight excluding hydrogens is 300 g/mol. The number of ether oxygens (including phenoxy) is 1. The van der Waals surface area contributed by atoms with Crippen molar-refractivity contribution in [1.82, 2.24) is 9.88 Å². The first-order chi connectivity index (χ1) is 11.6. The summed E-state index contributed by atoms with van der Waals surface area (Å²) in [4.78, 5) is 18.9. The molecule has 0 aliphatic rings. The highest BCUT2D eigenvalue weighted by molar-refractivity contribution is 5.77. The summed E-state index contributed by atoms with van der Waals surface area (Å²) in [6.07, 6.45) is 4.06. The third-order valence-corrected chi connectivity index (χ3v) is 4.44. The average Bonchev–Trinajstić information content (AvgIpc) is 2.63. The first-order valence-corrected chi connectivity index (χ1v) is 8.40. The number of benzene rings is 1. The zero-order valence-electron chi connectivity index (χ0n) is 14.9. The van der Waals surface area contributed by atoms with Gasteiger partial charge in [0.1, 0.15) is 5.75 Å². The van der Waals surface area contributed by atoms with Gasteiger partial charge in [-0.2, -0.15) is 0 Å². The van der Waals surface area contributed by atoms with Crippen LogP contribution in [0.4, 0.5) is 0 Å². The molecule has 0 saturated carbocycles. The number of amides is 1. The van der Waals surface area contributed by atoms with E-state index < -0.39 is 0 Å². The third kappa shape index (κ3) is 4.34. The van der Waals surface area contributed by atoms with Gasteiger partial charge in [-0.3, -0.25) is 9.78 Å². The van der Waals surface area contributed by atoms with E-state index >= 15 is 0 Å². The fourth-order valence-corrected chi connectivity index (χ4v) is 2.91. The minimum atomic E-state index is 0.0127. The Morgan fingerprint density at radius 3 is 2.58 bits per heavy atom. The van der Waals surface area contributed by atoms with Gasteiger partial charge in [0, 0.05) is 25.4 Å². The Hall–Kier alpha value is -2.36. The van der Waals surface area contributed by atoms with E-state index in [1.165, 1.54) is 0 Å². The Labute approximate surface area is 144 Å². The fraction of sp³-hybridized carbons (Fsp3) is 0.400. The molecule has 2 aromatic rings. The summed E-state index contributed by atoms with van der Waals surface area (Å²) < 4.78 is 5.29. The normalized spacial score (nSPS) is 13.2. The molecule has 0 N–H and O–H groups in total. The van der Waals surface area contributed by atoms with Crippen molar-refractivity contribution in [2.24, 2.45) is 0 Å². The lowest BCUT2D eigenvalue weighted by atomic mass is 9.98. The topological polar surface area (TPSA) is 42.4 Å². The number of rotatable bonds is 7. The number of pyridine rings is 1. The molecule has 1 amide bonds. The number of aromatic nitrogens is 1. The van der Waals surface area contributed by atoms with Crippen molar-refractivity contribution in [2.45, 2.75) is 39.2 Å². The second-order valence-electron chi connectivity index (χ2n) is 6.02. The predicted molar refractivity (Wildman–Crippen MR) is 96.1 cm³/mol. The number of hydrogen-bond acceptors (Lipinski definition) is 3. The van der Waals surface area contributed by atoms with Gasteiger partial charge in [0.25, 0.3) is 0 Å². The number of nitrogens with zero attached hydrogens (tertiary/aromatic N) is 2. The number of methoxy groups -OCH3 is 1. The maximum atomic E-state index is 12.8. The molecule has 0 bridgehead atoms. The van der Waals surface area contributed by atoms with Crippen molar-refractivity contribution < 1.29 is 9.53 Å². The number of carbonyl (C=O) groups excluding carboxylic acids is 1. The summed E-state index contributed by atoms with van der Waals surface area (Å²) in [5.74, 6) is 1.12. The van der Waals surface area contributed by atoms with Crippen molar-refractivity contribution in [1.29, 1.82) is 0 Å². The zero-order valence-corrected chi connectivity index (χ0v) is 14.9. The summed E-state index contributed by atoms with van der Waals surface area (Å²) in [7, 11) is 1.65. The quantitative estimate of drug-likeness (QED) is 0.766. The van der Waals surface area contributed by atoms with E-state index in [9.17, 15) is 4.79 Å². The minimum Gasteiger partial charge on any atom is -0.497 e. The molecule has 24 heavy (non-hydrogen) atoms. The summed E-state index contributed by atoms with van der Waals surface area (Å²) in [5, 5.41) is 0. The van der Waals surface area contributed by atoms with Gasteiger partial charge in [-0.05, 0) is 49.1 Å². The van der Waals surface area contributed by atoms with Crippen LogP contribution < -0.4 is 4.74 Å². The van der Waals surface area contributed by atoms with Crippen LogP contribution in [0.3, 0.4) is 0 Å². The lowest BCUT2D eigenvalue weighted by Gasteiger charge is -2.29. The second kappa shape index (κ2) is 8.48. The minimum absolute atomic E-state index is 0.0127.